The summed E-state index contributed by atoms with van der Waals surface area (Å²) in [6.07, 6.45) is 0. The van der Waals surface area contributed by atoms with Crippen molar-refractivity contribution < 1.29 is 4.74 Å². The van der Waals surface area contributed by atoms with Crippen molar-refractivity contribution in [1.82, 2.24) is 0 Å². The van der Waals surface area contributed by atoms with Gasteiger partial charge in [-0.1, -0.05) is 53.5 Å². The Morgan fingerprint density at radius 3 is 2.50 bits per heavy atom. The Morgan fingerprint density at radius 2 is 1.72 bits per heavy atom. The number of aryl methyl sites for hydroxylation is 1. The molecule has 1 nitrogen and oxygen atoms in total. The van der Waals surface area contributed by atoms with Gasteiger partial charge in [-0.25, -0.2) is 0 Å². The highest BCUT2D eigenvalue weighted by molar-refractivity contribution is 9.10. The van der Waals surface area contributed by atoms with Crippen LogP contribution in [0.2, 0.25) is 0 Å². The fourth-order valence-electron chi connectivity index (χ4n) is 2.58. The van der Waals surface area contributed by atoms with E-state index in [1.54, 1.807) is 0 Å². The number of rotatable bonds is 0. The van der Waals surface area contributed by atoms with E-state index in [-0.39, 0.29) is 5.41 Å². The van der Waals surface area contributed by atoms with Gasteiger partial charge in [-0.2, -0.15) is 0 Å². The van der Waals surface area contributed by atoms with Crippen LogP contribution in [0.25, 0.3) is 0 Å². The lowest BCUT2D eigenvalue weighted by Gasteiger charge is -2.34. The average molecular weight is 303 g/mol. The van der Waals surface area contributed by atoms with E-state index in [2.05, 4.69) is 67.0 Å². The van der Waals surface area contributed by atoms with E-state index in [1.165, 1.54) is 16.7 Å². The lowest BCUT2D eigenvalue weighted by atomic mass is 9.75. The molecule has 0 aromatic heterocycles. The average Bonchev–Trinajstić information content (AvgIpc) is 2.30. The molecule has 0 aliphatic carbocycles. The van der Waals surface area contributed by atoms with Crippen molar-refractivity contribution in [3.05, 3.63) is 57.6 Å². The normalized spacial score (nSPS) is 15.6. The third-order valence-corrected chi connectivity index (χ3v) is 4.14. The van der Waals surface area contributed by atoms with Crippen LogP contribution in [-0.4, -0.2) is 0 Å². The molecule has 18 heavy (non-hydrogen) atoms. The van der Waals surface area contributed by atoms with Crippen molar-refractivity contribution >= 4 is 15.9 Å². The number of benzene rings is 2. The van der Waals surface area contributed by atoms with Crippen LogP contribution >= 0.6 is 15.9 Å². The van der Waals surface area contributed by atoms with Gasteiger partial charge in [0.1, 0.15) is 11.5 Å². The third kappa shape index (κ3) is 1.67. The Kier molecular flexibility index (Phi) is 2.53. The fourth-order valence-corrected chi connectivity index (χ4v) is 2.92. The topological polar surface area (TPSA) is 9.23 Å². The van der Waals surface area contributed by atoms with Crippen molar-refractivity contribution in [3.8, 4) is 11.5 Å². The molecule has 0 saturated carbocycles. The van der Waals surface area contributed by atoms with E-state index in [0.29, 0.717) is 0 Å². The molecular formula is C16H15BrO. The SMILES string of the molecule is Cc1ccc2c(c1)C(C)(C)c1ccc(Br)cc1O2. The van der Waals surface area contributed by atoms with Gasteiger partial charge in [-0.3, -0.25) is 0 Å². The molecule has 0 spiro atoms. The molecule has 0 N–H and O–H groups in total. The Hall–Kier alpha value is -1.28. The maximum absolute atomic E-state index is 6.02. The number of halogens is 1. The lowest BCUT2D eigenvalue weighted by molar-refractivity contribution is 0.417. The second-order valence-electron chi connectivity index (χ2n) is 5.37. The van der Waals surface area contributed by atoms with Gasteiger partial charge in [0.25, 0.3) is 0 Å². The molecule has 92 valence electrons. The van der Waals surface area contributed by atoms with Crippen molar-refractivity contribution in [2.24, 2.45) is 0 Å². The lowest BCUT2D eigenvalue weighted by Crippen LogP contribution is -2.24. The highest BCUT2D eigenvalue weighted by Crippen LogP contribution is 2.48. The second kappa shape index (κ2) is 3.86. The first kappa shape index (κ1) is 11.8. The Morgan fingerprint density at radius 1 is 0.944 bits per heavy atom. The minimum atomic E-state index is -0.0182. The molecule has 2 aromatic carbocycles. The molecule has 0 saturated heterocycles. The molecule has 0 atom stereocenters. The predicted molar refractivity (Wildman–Crippen MR) is 77.5 cm³/mol. The Labute approximate surface area is 116 Å². The zero-order chi connectivity index (χ0) is 12.9. The van der Waals surface area contributed by atoms with E-state index in [9.17, 15) is 0 Å². The van der Waals surface area contributed by atoms with Crippen LogP contribution in [-0.2, 0) is 5.41 Å². The summed E-state index contributed by atoms with van der Waals surface area (Å²) in [7, 11) is 0. The van der Waals surface area contributed by atoms with Gasteiger partial charge >= 0.3 is 0 Å². The Balaban J connectivity index is 2.26. The summed E-state index contributed by atoms with van der Waals surface area (Å²) < 4.78 is 7.07. The summed E-state index contributed by atoms with van der Waals surface area (Å²) in [4.78, 5) is 0. The molecule has 1 heterocycles. The van der Waals surface area contributed by atoms with Crippen LogP contribution in [0, 0.1) is 6.92 Å². The van der Waals surface area contributed by atoms with Gasteiger partial charge in [-0.15, -0.1) is 0 Å². The van der Waals surface area contributed by atoms with E-state index < -0.39 is 0 Å². The number of hydrogen-bond donors (Lipinski definition) is 0. The van der Waals surface area contributed by atoms with Crippen LogP contribution in [0.3, 0.4) is 0 Å². The number of ether oxygens (including phenoxy) is 1. The van der Waals surface area contributed by atoms with Gasteiger partial charge in [0.15, 0.2) is 0 Å². The molecule has 1 aliphatic heterocycles. The largest absolute Gasteiger partial charge is 0.457 e. The number of hydrogen-bond acceptors (Lipinski definition) is 1. The summed E-state index contributed by atoms with van der Waals surface area (Å²) in [5.41, 5.74) is 3.75. The summed E-state index contributed by atoms with van der Waals surface area (Å²) in [6, 6.07) is 12.6. The van der Waals surface area contributed by atoms with Crippen molar-refractivity contribution in [1.29, 1.82) is 0 Å². The van der Waals surface area contributed by atoms with Gasteiger partial charge < -0.3 is 4.74 Å². The molecule has 2 heteroatoms. The highest BCUT2D eigenvalue weighted by Gasteiger charge is 2.34. The molecule has 0 unspecified atom stereocenters. The van der Waals surface area contributed by atoms with Crippen molar-refractivity contribution in [3.63, 3.8) is 0 Å². The van der Waals surface area contributed by atoms with Crippen molar-refractivity contribution in [2.45, 2.75) is 26.2 Å². The van der Waals surface area contributed by atoms with Crippen LogP contribution < -0.4 is 4.74 Å². The third-order valence-electron chi connectivity index (χ3n) is 3.65. The van der Waals surface area contributed by atoms with Crippen LogP contribution in [0.4, 0.5) is 0 Å². The molecule has 0 bridgehead atoms. The summed E-state index contributed by atoms with van der Waals surface area (Å²) in [5.74, 6) is 1.92. The summed E-state index contributed by atoms with van der Waals surface area (Å²) >= 11 is 3.50. The van der Waals surface area contributed by atoms with Crippen LogP contribution in [0.5, 0.6) is 11.5 Å². The van der Waals surface area contributed by atoms with E-state index >= 15 is 0 Å². The maximum Gasteiger partial charge on any atom is 0.132 e. The second-order valence-corrected chi connectivity index (χ2v) is 6.28. The van der Waals surface area contributed by atoms with Crippen LogP contribution in [0.1, 0.15) is 30.5 Å². The minimum absolute atomic E-state index is 0.0182. The molecule has 2 aromatic rings. The Bertz CT molecular complexity index is 629. The summed E-state index contributed by atoms with van der Waals surface area (Å²) in [5, 5.41) is 0. The molecule has 1 aliphatic rings. The van der Waals surface area contributed by atoms with Crippen LogP contribution in [0.15, 0.2) is 40.9 Å². The summed E-state index contributed by atoms with van der Waals surface area (Å²) in [6.45, 7) is 6.62. The minimum Gasteiger partial charge on any atom is -0.457 e. The molecule has 0 amide bonds. The highest BCUT2D eigenvalue weighted by atomic mass is 79.9. The van der Waals surface area contributed by atoms with E-state index in [1.807, 2.05) is 6.07 Å². The first-order valence-electron chi connectivity index (χ1n) is 6.07. The fraction of sp³-hybridized carbons (Fsp3) is 0.250. The van der Waals surface area contributed by atoms with Gasteiger partial charge in [0.05, 0.1) is 0 Å². The molecule has 0 fully saturated rings. The molecular weight excluding hydrogens is 288 g/mol. The smallest absolute Gasteiger partial charge is 0.132 e. The molecule has 0 radical (unpaired) electrons. The number of fused-ring (bicyclic) bond motifs is 2. The van der Waals surface area contributed by atoms with E-state index in [4.69, 9.17) is 4.74 Å². The van der Waals surface area contributed by atoms with Crippen molar-refractivity contribution in [2.75, 3.05) is 0 Å². The first-order valence-corrected chi connectivity index (χ1v) is 6.87. The zero-order valence-corrected chi connectivity index (χ0v) is 12.3. The van der Waals surface area contributed by atoms with Gasteiger partial charge in [0.2, 0.25) is 0 Å². The predicted octanol–water partition coefficient (Wildman–Crippen LogP) is 5.19. The monoisotopic (exact) mass is 302 g/mol. The first-order chi connectivity index (χ1) is 8.48. The molecule has 3 rings (SSSR count). The van der Waals surface area contributed by atoms with Gasteiger partial charge in [-0.05, 0) is 25.1 Å². The zero-order valence-electron chi connectivity index (χ0n) is 10.8. The van der Waals surface area contributed by atoms with Gasteiger partial charge in [0, 0.05) is 21.0 Å². The maximum atomic E-state index is 6.02. The van der Waals surface area contributed by atoms with E-state index in [0.717, 1.165) is 16.0 Å². The quantitative estimate of drug-likeness (QED) is 0.651. The standard InChI is InChI=1S/C16H15BrO/c1-10-4-7-14-13(8-10)16(2,3)12-6-5-11(17)9-15(12)18-14/h4-9H,1-3H3.